The van der Waals surface area contributed by atoms with Crippen LogP contribution in [0.2, 0.25) is 0 Å². The topological polar surface area (TPSA) is 156 Å². The summed E-state index contributed by atoms with van der Waals surface area (Å²) < 4.78 is 5.01. The molecule has 0 bridgehead atoms. The third-order valence-corrected chi connectivity index (χ3v) is 4.97. The summed E-state index contributed by atoms with van der Waals surface area (Å²) in [6.07, 6.45) is 1.78. The Hall–Kier alpha value is -2.36. The minimum absolute atomic E-state index is 0.0452. The van der Waals surface area contributed by atoms with Crippen LogP contribution in [0.4, 0.5) is 4.79 Å². The van der Waals surface area contributed by atoms with Gasteiger partial charge in [0.15, 0.2) is 0 Å². The highest BCUT2D eigenvalue weighted by molar-refractivity contribution is 5.86. The highest BCUT2D eigenvalue weighted by atomic mass is 16.6. The summed E-state index contributed by atoms with van der Waals surface area (Å²) in [5, 5.41) is 20.0. The molecule has 1 saturated carbocycles. The molecule has 5 N–H and O–H groups in total. The molecule has 0 aromatic rings. The van der Waals surface area contributed by atoms with E-state index in [2.05, 4.69) is 21.3 Å². The first kappa shape index (κ1) is 22.9. The highest BCUT2D eigenvalue weighted by Gasteiger charge is 2.69. The number of carbonyl (C=O) groups excluding carboxylic acids is 3. The van der Waals surface area contributed by atoms with E-state index in [1.54, 1.807) is 20.8 Å². The second kappa shape index (κ2) is 8.98. The molecular formula is C19H32N4O6. The van der Waals surface area contributed by atoms with Crippen LogP contribution in [0.1, 0.15) is 53.4 Å². The summed E-state index contributed by atoms with van der Waals surface area (Å²) in [6.45, 7) is 6.91. The van der Waals surface area contributed by atoms with Crippen molar-refractivity contribution in [3.63, 3.8) is 0 Å². The number of alkyl carbamates (subject to hydrolysis) is 1. The Morgan fingerprint density at radius 2 is 1.86 bits per heavy atom. The molecule has 10 nitrogen and oxygen atoms in total. The van der Waals surface area contributed by atoms with Gasteiger partial charge in [0.2, 0.25) is 11.8 Å². The molecular weight excluding hydrogens is 380 g/mol. The molecule has 0 radical (unpaired) electrons. The molecule has 0 aromatic heterocycles. The zero-order valence-electron chi connectivity index (χ0n) is 17.5. The minimum Gasteiger partial charge on any atom is -0.480 e. The third kappa shape index (κ3) is 7.52. The summed E-state index contributed by atoms with van der Waals surface area (Å²) >= 11 is 0. The van der Waals surface area contributed by atoms with Crippen molar-refractivity contribution in [2.45, 2.75) is 76.6 Å². The van der Waals surface area contributed by atoms with Gasteiger partial charge in [0.1, 0.15) is 18.2 Å². The monoisotopic (exact) mass is 412 g/mol. The molecule has 0 spiro atoms. The number of fused-ring (bicyclic) bond motifs is 1. The van der Waals surface area contributed by atoms with Crippen LogP contribution in [-0.2, 0) is 19.1 Å². The molecule has 164 valence electrons. The first-order chi connectivity index (χ1) is 13.4. The van der Waals surface area contributed by atoms with Gasteiger partial charge in [-0.1, -0.05) is 6.92 Å². The van der Waals surface area contributed by atoms with E-state index in [4.69, 9.17) is 4.74 Å². The van der Waals surface area contributed by atoms with Crippen molar-refractivity contribution in [1.29, 1.82) is 0 Å². The number of rotatable bonds is 11. The second-order valence-electron chi connectivity index (χ2n) is 8.91. The number of hydrogen-bond acceptors (Lipinski definition) is 6. The number of carbonyl (C=O) groups is 4. The van der Waals surface area contributed by atoms with E-state index in [1.807, 2.05) is 6.92 Å². The quantitative estimate of drug-likeness (QED) is 0.238. The smallest absolute Gasteiger partial charge is 0.408 e. The van der Waals surface area contributed by atoms with Crippen molar-refractivity contribution < 1.29 is 29.0 Å². The van der Waals surface area contributed by atoms with Crippen LogP contribution in [-0.4, -0.2) is 65.3 Å². The number of hydrogen-bond donors (Lipinski definition) is 5. The summed E-state index contributed by atoms with van der Waals surface area (Å²) in [5.74, 6) is -1.94. The van der Waals surface area contributed by atoms with Crippen LogP contribution < -0.4 is 21.3 Å². The zero-order chi connectivity index (χ0) is 21.8. The van der Waals surface area contributed by atoms with E-state index in [1.165, 1.54) is 0 Å². The SMILES string of the molecule is CC(CC12CC1N2)C(=O)NCCC[C@H](NC(=O)CNC(=O)OC(C)(C)C)C(=O)O. The third-order valence-electron chi connectivity index (χ3n) is 4.97. The van der Waals surface area contributed by atoms with Crippen molar-refractivity contribution in [1.82, 2.24) is 21.3 Å². The van der Waals surface area contributed by atoms with E-state index < -0.39 is 29.6 Å². The van der Waals surface area contributed by atoms with Crippen molar-refractivity contribution in [3.05, 3.63) is 0 Å². The van der Waals surface area contributed by atoms with Gasteiger partial charge in [-0.2, -0.15) is 0 Å². The standard InChI is InChI=1S/C19H32N4O6/c1-11(8-19-9-13(19)23-19)15(25)20-7-5-6-12(16(26)27)22-14(24)10-21-17(28)29-18(2,3)4/h11-13,23H,5-10H2,1-4H3,(H,20,25)(H,21,28)(H,22,24)(H,26,27)/t11?,12-,13?,19?/m0/s1. The number of aliphatic carboxylic acids is 1. The van der Waals surface area contributed by atoms with E-state index in [-0.39, 0.29) is 30.3 Å². The zero-order valence-corrected chi connectivity index (χ0v) is 17.5. The van der Waals surface area contributed by atoms with Gasteiger partial charge in [0.25, 0.3) is 0 Å². The molecule has 2 fully saturated rings. The molecule has 0 aromatic carbocycles. The summed E-state index contributed by atoms with van der Waals surface area (Å²) in [6, 6.07) is -0.499. The van der Waals surface area contributed by atoms with Gasteiger partial charge < -0.3 is 31.1 Å². The maximum Gasteiger partial charge on any atom is 0.408 e. The van der Waals surface area contributed by atoms with Crippen LogP contribution in [0, 0.1) is 5.92 Å². The van der Waals surface area contributed by atoms with Crippen LogP contribution in [0.15, 0.2) is 0 Å². The van der Waals surface area contributed by atoms with Gasteiger partial charge in [-0.25, -0.2) is 9.59 Å². The van der Waals surface area contributed by atoms with Gasteiger partial charge in [-0.05, 0) is 46.5 Å². The van der Waals surface area contributed by atoms with Crippen LogP contribution in [0.3, 0.4) is 0 Å². The molecule has 4 atom stereocenters. The summed E-state index contributed by atoms with van der Waals surface area (Å²) in [7, 11) is 0. The summed E-state index contributed by atoms with van der Waals surface area (Å²) in [4.78, 5) is 46.9. The molecule has 1 aliphatic carbocycles. The fourth-order valence-corrected chi connectivity index (χ4v) is 3.17. The van der Waals surface area contributed by atoms with Gasteiger partial charge >= 0.3 is 12.1 Å². The average molecular weight is 412 g/mol. The van der Waals surface area contributed by atoms with Crippen molar-refractivity contribution >= 4 is 23.9 Å². The lowest BCUT2D eigenvalue weighted by Crippen LogP contribution is -2.46. The Morgan fingerprint density at radius 1 is 1.24 bits per heavy atom. The Labute approximate surface area is 170 Å². The normalized spacial score (nSPS) is 23.8. The van der Waals surface area contributed by atoms with Gasteiger partial charge in [-0.3, -0.25) is 9.59 Å². The largest absolute Gasteiger partial charge is 0.480 e. The number of carboxylic acids is 1. The molecule has 3 unspecified atom stereocenters. The number of nitrogens with one attached hydrogen (secondary N) is 4. The molecule has 2 aliphatic rings. The highest BCUT2D eigenvalue weighted by Crippen LogP contribution is 2.55. The molecule has 29 heavy (non-hydrogen) atoms. The van der Waals surface area contributed by atoms with Crippen LogP contribution >= 0.6 is 0 Å². The number of ether oxygens (including phenoxy) is 1. The molecule has 3 amide bonds. The van der Waals surface area contributed by atoms with Crippen molar-refractivity contribution in [2.24, 2.45) is 5.92 Å². The first-order valence-electron chi connectivity index (χ1n) is 9.96. The lowest BCUT2D eigenvalue weighted by molar-refractivity contribution is -0.141. The maximum absolute atomic E-state index is 12.1. The van der Waals surface area contributed by atoms with E-state index in [9.17, 15) is 24.3 Å². The van der Waals surface area contributed by atoms with Gasteiger partial charge in [0, 0.05) is 24.0 Å². The summed E-state index contributed by atoms with van der Waals surface area (Å²) in [5.41, 5.74) is -0.482. The number of amides is 3. The number of carboxylic acid groups (broad SMARTS) is 1. The fourth-order valence-electron chi connectivity index (χ4n) is 3.17. The lowest BCUT2D eigenvalue weighted by atomic mass is 10.0. The molecule has 1 saturated heterocycles. The molecule has 10 heteroatoms. The average Bonchev–Trinajstić information content (AvgIpc) is 3.43. The predicted octanol–water partition coefficient (Wildman–Crippen LogP) is 0.117. The fraction of sp³-hybridized carbons (Fsp3) is 0.789. The van der Waals surface area contributed by atoms with E-state index in [0.29, 0.717) is 19.0 Å². The Morgan fingerprint density at radius 3 is 2.38 bits per heavy atom. The second-order valence-corrected chi connectivity index (χ2v) is 8.91. The van der Waals surface area contributed by atoms with Crippen LogP contribution in [0.5, 0.6) is 0 Å². The van der Waals surface area contributed by atoms with Crippen molar-refractivity contribution in [2.75, 3.05) is 13.1 Å². The maximum atomic E-state index is 12.1. The first-order valence-corrected chi connectivity index (χ1v) is 9.96. The van der Waals surface area contributed by atoms with Gasteiger partial charge in [-0.15, -0.1) is 0 Å². The Bertz CT molecular complexity index is 654. The molecule has 2 rings (SSSR count). The van der Waals surface area contributed by atoms with Crippen LogP contribution in [0.25, 0.3) is 0 Å². The lowest BCUT2D eigenvalue weighted by Gasteiger charge is -2.20. The van der Waals surface area contributed by atoms with E-state index in [0.717, 1.165) is 12.8 Å². The molecule has 1 heterocycles. The molecule has 1 aliphatic heterocycles. The van der Waals surface area contributed by atoms with Gasteiger partial charge in [0.05, 0.1) is 0 Å². The predicted molar refractivity (Wildman–Crippen MR) is 104 cm³/mol. The van der Waals surface area contributed by atoms with E-state index >= 15 is 0 Å². The Kier molecular flexibility index (Phi) is 7.10. The Balaban J connectivity index is 1.61. The van der Waals surface area contributed by atoms with Crippen molar-refractivity contribution in [3.8, 4) is 0 Å². The minimum atomic E-state index is -1.17.